The van der Waals surface area contributed by atoms with Crippen LogP contribution in [0, 0.1) is 0 Å². The van der Waals surface area contributed by atoms with E-state index in [2.05, 4.69) is 21.3 Å². The minimum atomic E-state index is -1.71. The molecular weight excluding hydrogens is 514 g/mol. The van der Waals surface area contributed by atoms with E-state index >= 15 is 0 Å². The smallest absolute Gasteiger partial charge is 0.246 e. The highest BCUT2D eigenvalue weighted by Gasteiger charge is 2.49. The molecule has 0 aromatic heterocycles. The second kappa shape index (κ2) is 13.0. The lowest BCUT2D eigenvalue weighted by molar-refractivity contribution is -0.145. The number of aliphatic hydroxyl groups excluding tert-OH is 4. The summed E-state index contributed by atoms with van der Waals surface area (Å²) in [6.07, 6.45) is -4.88. The van der Waals surface area contributed by atoms with Crippen molar-refractivity contribution in [2.24, 2.45) is 0 Å². The van der Waals surface area contributed by atoms with Gasteiger partial charge in [-0.1, -0.05) is 37.3 Å². The van der Waals surface area contributed by atoms with Crippen molar-refractivity contribution >= 4 is 29.5 Å². The molecule has 8 atom stereocenters. The molecule has 5 amide bonds. The third-order valence-electron chi connectivity index (χ3n) is 6.82. The molecule has 0 radical (unpaired) electrons. The number of hydrogen-bond acceptors (Lipinski definition) is 9. The van der Waals surface area contributed by atoms with Gasteiger partial charge in [-0.05, 0) is 18.9 Å². The van der Waals surface area contributed by atoms with E-state index in [9.17, 15) is 44.4 Å². The Bertz CT molecular complexity index is 1070. The van der Waals surface area contributed by atoms with Gasteiger partial charge in [0, 0.05) is 0 Å². The molecule has 214 valence electrons. The van der Waals surface area contributed by atoms with Crippen LogP contribution in [0.1, 0.15) is 38.3 Å². The standard InChI is InChI=1S/C25H35N5O9/c1-3-14-25(39)30-10-17(33)21(35)20(30)24(38)29-19(12(2)32)23(37)28-16(11-31)22(36)27-15(9-18(34)26-14)13-7-5-4-6-8-13/h4-8,12,14-17,19-21,31-33,35H,3,9-11H2,1-2H3,(H,26,34)(H,27,36)(H,28,37)(H,29,38)/t12?,14-,15+,16-,17-,19-,20-,21-/m0/s1. The van der Waals surface area contributed by atoms with Gasteiger partial charge in [-0.2, -0.15) is 0 Å². The van der Waals surface area contributed by atoms with Crippen molar-refractivity contribution in [2.75, 3.05) is 13.2 Å². The summed E-state index contributed by atoms with van der Waals surface area (Å²) in [5.74, 6) is -4.26. The third-order valence-corrected chi connectivity index (χ3v) is 6.82. The Morgan fingerprint density at radius 2 is 1.59 bits per heavy atom. The third kappa shape index (κ3) is 6.89. The molecule has 2 aliphatic heterocycles. The number of fused-ring (bicyclic) bond motifs is 1. The van der Waals surface area contributed by atoms with Crippen molar-refractivity contribution in [3.05, 3.63) is 35.9 Å². The van der Waals surface area contributed by atoms with Crippen molar-refractivity contribution in [3.63, 3.8) is 0 Å². The van der Waals surface area contributed by atoms with E-state index in [0.29, 0.717) is 5.56 Å². The van der Waals surface area contributed by atoms with Crippen LogP contribution >= 0.6 is 0 Å². The highest BCUT2D eigenvalue weighted by Crippen LogP contribution is 2.22. The van der Waals surface area contributed by atoms with Gasteiger partial charge in [0.05, 0.1) is 37.8 Å². The van der Waals surface area contributed by atoms with Crippen LogP contribution in [-0.2, 0) is 24.0 Å². The average Bonchev–Trinajstić information content (AvgIpc) is 3.21. The van der Waals surface area contributed by atoms with Crippen LogP contribution in [0.25, 0.3) is 0 Å². The largest absolute Gasteiger partial charge is 0.394 e. The first-order valence-electron chi connectivity index (χ1n) is 12.7. The highest BCUT2D eigenvalue weighted by atomic mass is 16.3. The first kappa shape index (κ1) is 30.0. The summed E-state index contributed by atoms with van der Waals surface area (Å²) < 4.78 is 0. The molecule has 2 saturated heterocycles. The molecule has 1 aromatic rings. The van der Waals surface area contributed by atoms with Crippen LogP contribution in [0.3, 0.4) is 0 Å². The topological polar surface area (TPSA) is 218 Å². The molecule has 1 aromatic carbocycles. The summed E-state index contributed by atoms with van der Waals surface area (Å²) in [5.41, 5.74) is 0.546. The van der Waals surface area contributed by atoms with E-state index in [4.69, 9.17) is 0 Å². The quantitative estimate of drug-likeness (QED) is 0.186. The van der Waals surface area contributed by atoms with Crippen molar-refractivity contribution in [1.29, 1.82) is 0 Å². The van der Waals surface area contributed by atoms with Crippen LogP contribution in [0.2, 0.25) is 0 Å². The van der Waals surface area contributed by atoms with Crippen molar-refractivity contribution < 1.29 is 44.4 Å². The molecule has 2 heterocycles. The fourth-order valence-corrected chi connectivity index (χ4v) is 4.63. The van der Waals surface area contributed by atoms with Gasteiger partial charge in [-0.3, -0.25) is 24.0 Å². The fourth-order valence-electron chi connectivity index (χ4n) is 4.63. The Balaban J connectivity index is 2.02. The monoisotopic (exact) mass is 549 g/mol. The molecule has 2 aliphatic rings. The number of nitrogens with zero attached hydrogens (tertiary/aromatic N) is 1. The maximum absolute atomic E-state index is 13.4. The average molecular weight is 550 g/mol. The lowest BCUT2D eigenvalue weighted by Gasteiger charge is -2.31. The summed E-state index contributed by atoms with van der Waals surface area (Å²) in [6.45, 7) is 1.58. The van der Waals surface area contributed by atoms with Gasteiger partial charge in [0.1, 0.15) is 30.3 Å². The van der Waals surface area contributed by atoms with E-state index in [1.807, 2.05) is 0 Å². The first-order chi connectivity index (χ1) is 18.5. The maximum Gasteiger partial charge on any atom is 0.246 e. The molecule has 2 fully saturated rings. The predicted octanol–water partition coefficient (Wildman–Crippen LogP) is -3.58. The maximum atomic E-state index is 13.4. The number of benzene rings is 1. The molecule has 0 saturated carbocycles. The highest BCUT2D eigenvalue weighted by molar-refractivity contribution is 5.97. The van der Waals surface area contributed by atoms with E-state index < -0.39 is 91.2 Å². The summed E-state index contributed by atoms with van der Waals surface area (Å²) in [7, 11) is 0. The van der Waals surface area contributed by atoms with Gasteiger partial charge < -0.3 is 46.6 Å². The Morgan fingerprint density at radius 3 is 2.18 bits per heavy atom. The molecule has 8 N–H and O–H groups in total. The molecule has 1 unspecified atom stereocenters. The van der Waals surface area contributed by atoms with Gasteiger partial charge in [-0.25, -0.2) is 0 Å². The fraction of sp³-hybridized carbons (Fsp3) is 0.560. The van der Waals surface area contributed by atoms with Crippen LogP contribution in [-0.4, -0.2) is 110 Å². The number of rotatable bonds is 4. The molecular formula is C25H35N5O9. The number of nitrogens with one attached hydrogen (secondary N) is 4. The van der Waals surface area contributed by atoms with Crippen LogP contribution in [0.5, 0.6) is 0 Å². The second-order valence-electron chi connectivity index (χ2n) is 9.67. The van der Waals surface area contributed by atoms with Crippen LogP contribution in [0.4, 0.5) is 0 Å². The zero-order valence-electron chi connectivity index (χ0n) is 21.6. The summed E-state index contributed by atoms with van der Waals surface area (Å²) in [6, 6.07) is 1.66. The van der Waals surface area contributed by atoms with Crippen molar-refractivity contribution in [1.82, 2.24) is 26.2 Å². The van der Waals surface area contributed by atoms with Gasteiger partial charge in [0.25, 0.3) is 0 Å². The Kier molecular flexibility index (Phi) is 9.97. The Hall–Kier alpha value is -3.59. The second-order valence-corrected chi connectivity index (χ2v) is 9.67. The number of carbonyl (C=O) groups is 5. The summed E-state index contributed by atoms with van der Waals surface area (Å²) in [4.78, 5) is 66.5. The van der Waals surface area contributed by atoms with E-state index in [-0.39, 0.29) is 12.8 Å². The normalized spacial score (nSPS) is 32.0. The molecule has 14 heteroatoms. The molecule has 14 nitrogen and oxygen atoms in total. The molecule has 0 aliphatic carbocycles. The van der Waals surface area contributed by atoms with Gasteiger partial charge >= 0.3 is 0 Å². The molecule has 0 bridgehead atoms. The van der Waals surface area contributed by atoms with Crippen molar-refractivity contribution in [2.45, 2.75) is 75.2 Å². The summed E-state index contributed by atoms with van der Waals surface area (Å²) in [5, 5.41) is 50.5. The molecule has 0 spiro atoms. The van der Waals surface area contributed by atoms with E-state index in [1.165, 1.54) is 6.92 Å². The molecule has 39 heavy (non-hydrogen) atoms. The van der Waals surface area contributed by atoms with E-state index in [1.54, 1.807) is 37.3 Å². The van der Waals surface area contributed by atoms with Gasteiger partial charge in [0.2, 0.25) is 29.5 Å². The minimum Gasteiger partial charge on any atom is -0.394 e. The summed E-state index contributed by atoms with van der Waals surface area (Å²) >= 11 is 0. The lowest BCUT2D eigenvalue weighted by atomic mass is 10.0. The van der Waals surface area contributed by atoms with Crippen LogP contribution < -0.4 is 21.3 Å². The Morgan fingerprint density at radius 1 is 0.923 bits per heavy atom. The predicted molar refractivity (Wildman–Crippen MR) is 134 cm³/mol. The van der Waals surface area contributed by atoms with Gasteiger partial charge in [0.15, 0.2) is 0 Å². The SMILES string of the molecule is CC[C@@H]1NC(=O)C[C@H](c2ccccc2)NC(=O)[C@H](CO)NC(=O)[C@H](C(C)O)NC(=O)[C@@H]2[C@@H](O)[C@@H](O)CN2C1=O. The number of carbonyl (C=O) groups excluding carboxylic acids is 5. The number of amides is 5. The zero-order chi connectivity index (χ0) is 28.9. The lowest BCUT2D eigenvalue weighted by Crippen LogP contribution is -2.62. The van der Waals surface area contributed by atoms with Gasteiger partial charge in [-0.15, -0.1) is 0 Å². The molecule has 3 rings (SSSR count). The first-order valence-corrected chi connectivity index (χ1v) is 12.7. The number of hydrogen-bond donors (Lipinski definition) is 8. The van der Waals surface area contributed by atoms with E-state index in [0.717, 1.165) is 4.90 Å². The minimum absolute atomic E-state index is 0.106. The van der Waals surface area contributed by atoms with Crippen LogP contribution in [0.15, 0.2) is 30.3 Å². The van der Waals surface area contributed by atoms with Crippen molar-refractivity contribution in [3.8, 4) is 0 Å². The Labute approximate surface area is 224 Å². The number of aliphatic hydroxyl groups is 4. The zero-order valence-corrected chi connectivity index (χ0v) is 21.6.